The number of halogens is 1. The molecule has 1 aromatic heterocycles. The first-order valence-corrected chi connectivity index (χ1v) is 8.30. The van der Waals surface area contributed by atoms with Gasteiger partial charge in [0, 0.05) is 44.3 Å². The maximum Gasteiger partial charge on any atom is 0.227 e. The number of carbonyl (C=O) groups is 1. The van der Waals surface area contributed by atoms with E-state index < -0.39 is 0 Å². The summed E-state index contributed by atoms with van der Waals surface area (Å²) in [6, 6.07) is 9.35. The zero-order valence-corrected chi connectivity index (χ0v) is 14.3. The van der Waals surface area contributed by atoms with Crippen LogP contribution in [0.4, 0.5) is 11.6 Å². The molecule has 1 aliphatic heterocycles. The third kappa shape index (κ3) is 3.94. The van der Waals surface area contributed by atoms with Crippen LogP contribution in [0.1, 0.15) is 5.56 Å². The summed E-state index contributed by atoms with van der Waals surface area (Å²) in [5.41, 5.74) is 0.987. The molecule has 3 rings (SSSR count). The highest BCUT2D eigenvalue weighted by atomic mass is 35.5. The van der Waals surface area contributed by atoms with Crippen molar-refractivity contribution < 1.29 is 4.79 Å². The van der Waals surface area contributed by atoms with Crippen LogP contribution in [-0.4, -0.2) is 54.0 Å². The molecule has 7 heteroatoms. The molecular weight excluding hydrogens is 326 g/mol. The van der Waals surface area contributed by atoms with Crippen LogP contribution in [0.5, 0.6) is 0 Å². The zero-order chi connectivity index (χ0) is 16.9. The summed E-state index contributed by atoms with van der Waals surface area (Å²) in [4.78, 5) is 25.0. The Morgan fingerprint density at radius 2 is 1.88 bits per heavy atom. The Hall–Kier alpha value is -2.34. The van der Waals surface area contributed by atoms with Crippen LogP contribution < -0.4 is 10.2 Å². The molecular formula is C17H20ClN5O. The molecule has 1 N–H and O–H groups in total. The number of anilines is 2. The molecule has 0 bridgehead atoms. The van der Waals surface area contributed by atoms with Crippen molar-refractivity contribution in [2.24, 2.45) is 0 Å². The van der Waals surface area contributed by atoms with E-state index in [2.05, 4.69) is 20.2 Å². The number of carbonyl (C=O) groups excluding carboxylic acids is 1. The van der Waals surface area contributed by atoms with E-state index in [1.165, 1.54) is 0 Å². The van der Waals surface area contributed by atoms with E-state index in [9.17, 15) is 4.79 Å². The van der Waals surface area contributed by atoms with Crippen molar-refractivity contribution in [1.82, 2.24) is 14.9 Å². The Morgan fingerprint density at radius 3 is 2.54 bits per heavy atom. The van der Waals surface area contributed by atoms with Gasteiger partial charge in [0.2, 0.25) is 5.91 Å². The highest BCUT2D eigenvalue weighted by Gasteiger charge is 2.22. The number of aromatic nitrogens is 2. The Kier molecular flexibility index (Phi) is 5.15. The molecule has 1 aliphatic rings. The Morgan fingerprint density at radius 1 is 1.17 bits per heavy atom. The smallest absolute Gasteiger partial charge is 0.227 e. The molecule has 0 saturated carbocycles. The van der Waals surface area contributed by atoms with Crippen molar-refractivity contribution in [2.45, 2.75) is 6.42 Å². The van der Waals surface area contributed by atoms with E-state index in [1.54, 1.807) is 6.33 Å². The average Bonchev–Trinajstić information content (AvgIpc) is 2.64. The summed E-state index contributed by atoms with van der Waals surface area (Å²) >= 11 is 5.88. The molecule has 0 radical (unpaired) electrons. The summed E-state index contributed by atoms with van der Waals surface area (Å²) < 4.78 is 0. The largest absolute Gasteiger partial charge is 0.373 e. The Labute approximate surface area is 146 Å². The first-order valence-electron chi connectivity index (χ1n) is 7.92. The lowest BCUT2D eigenvalue weighted by Crippen LogP contribution is -2.49. The number of benzene rings is 1. The number of rotatable bonds is 4. The van der Waals surface area contributed by atoms with Crippen LogP contribution in [0.15, 0.2) is 36.7 Å². The summed E-state index contributed by atoms with van der Waals surface area (Å²) in [7, 11) is 1.83. The predicted molar refractivity (Wildman–Crippen MR) is 95.5 cm³/mol. The monoisotopic (exact) mass is 345 g/mol. The minimum Gasteiger partial charge on any atom is -0.373 e. The van der Waals surface area contributed by atoms with Crippen molar-refractivity contribution in [2.75, 3.05) is 43.4 Å². The number of amides is 1. The molecule has 0 atom stereocenters. The van der Waals surface area contributed by atoms with Gasteiger partial charge in [0.15, 0.2) is 0 Å². The summed E-state index contributed by atoms with van der Waals surface area (Å²) in [5, 5.41) is 3.70. The quantitative estimate of drug-likeness (QED) is 0.919. The second-order valence-electron chi connectivity index (χ2n) is 5.68. The van der Waals surface area contributed by atoms with Gasteiger partial charge in [-0.05, 0) is 17.7 Å². The molecule has 0 unspecified atom stereocenters. The Balaban J connectivity index is 1.56. The maximum absolute atomic E-state index is 12.4. The lowest BCUT2D eigenvalue weighted by Gasteiger charge is -2.35. The predicted octanol–water partition coefficient (Wildman–Crippen LogP) is 2.06. The number of hydrogen-bond acceptors (Lipinski definition) is 5. The van der Waals surface area contributed by atoms with Gasteiger partial charge in [-0.15, -0.1) is 0 Å². The van der Waals surface area contributed by atoms with Crippen LogP contribution in [0.25, 0.3) is 0 Å². The SMILES string of the molecule is CNc1cc(N2CCN(C(=O)Cc3ccc(Cl)cc3)CC2)ncn1. The minimum absolute atomic E-state index is 0.149. The highest BCUT2D eigenvalue weighted by molar-refractivity contribution is 6.30. The number of piperazine rings is 1. The minimum atomic E-state index is 0.149. The second-order valence-corrected chi connectivity index (χ2v) is 6.12. The average molecular weight is 346 g/mol. The molecule has 1 saturated heterocycles. The third-order valence-corrected chi connectivity index (χ3v) is 4.39. The Bertz CT molecular complexity index is 698. The van der Waals surface area contributed by atoms with Crippen LogP contribution >= 0.6 is 11.6 Å². The van der Waals surface area contributed by atoms with Crippen LogP contribution in [-0.2, 0) is 11.2 Å². The van der Waals surface area contributed by atoms with Gasteiger partial charge in [-0.1, -0.05) is 23.7 Å². The second kappa shape index (κ2) is 7.49. The summed E-state index contributed by atoms with van der Waals surface area (Å²) in [6.45, 7) is 2.94. The first-order chi connectivity index (χ1) is 11.7. The van der Waals surface area contributed by atoms with Gasteiger partial charge in [0.1, 0.15) is 18.0 Å². The number of hydrogen-bond donors (Lipinski definition) is 1. The van der Waals surface area contributed by atoms with E-state index >= 15 is 0 Å². The molecule has 1 aromatic carbocycles. The number of nitrogens with one attached hydrogen (secondary N) is 1. The lowest BCUT2D eigenvalue weighted by atomic mass is 10.1. The topological polar surface area (TPSA) is 61.4 Å². The highest BCUT2D eigenvalue weighted by Crippen LogP contribution is 2.17. The molecule has 1 amide bonds. The molecule has 24 heavy (non-hydrogen) atoms. The molecule has 0 spiro atoms. The van der Waals surface area contributed by atoms with Gasteiger partial charge in [-0.25, -0.2) is 9.97 Å². The molecule has 1 fully saturated rings. The van der Waals surface area contributed by atoms with Gasteiger partial charge < -0.3 is 15.1 Å². The van der Waals surface area contributed by atoms with Crippen molar-refractivity contribution in [3.8, 4) is 0 Å². The van der Waals surface area contributed by atoms with Crippen molar-refractivity contribution in [3.05, 3.63) is 47.2 Å². The third-order valence-electron chi connectivity index (χ3n) is 4.13. The molecule has 126 valence electrons. The first kappa shape index (κ1) is 16.5. The molecule has 2 heterocycles. The van der Waals surface area contributed by atoms with Gasteiger partial charge >= 0.3 is 0 Å². The van der Waals surface area contributed by atoms with Crippen LogP contribution in [0, 0.1) is 0 Å². The van der Waals surface area contributed by atoms with Gasteiger partial charge in [0.05, 0.1) is 6.42 Å². The summed E-state index contributed by atoms with van der Waals surface area (Å²) in [5.74, 6) is 1.83. The normalized spacial score (nSPS) is 14.6. The van der Waals surface area contributed by atoms with Crippen LogP contribution in [0.3, 0.4) is 0 Å². The van der Waals surface area contributed by atoms with E-state index in [0.29, 0.717) is 24.5 Å². The van der Waals surface area contributed by atoms with E-state index in [4.69, 9.17) is 11.6 Å². The standard InChI is InChI=1S/C17H20ClN5O/c1-19-15-11-16(21-12-20-15)22-6-8-23(9-7-22)17(24)10-13-2-4-14(18)5-3-13/h2-5,11-12H,6-10H2,1H3,(H,19,20,21). The van der Waals surface area contributed by atoms with Crippen molar-refractivity contribution in [3.63, 3.8) is 0 Å². The van der Waals surface area contributed by atoms with E-state index in [0.717, 1.165) is 30.3 Å². The molecule has 0 aliphatic carbocycles. The lowest BCUT2D eigenvalue weighted by molar-refractivity contribution is -0.130. The fraction of sp³-hybridized carbons (Fsp3) is 0.353. The molecule has 6 nitrogen and oxygen atoms in total. The van der Waals surface area contributed by atoms with Gasteiger partial charge in [0.25, 0.3) is 0 Å². The molecule has 2 aromatic rings. The number of nitrogens with zero attached hydrogens (tertiary/aromatic N) is 4. The van der Waals surface area contributed by atoms with Gasteiger partial charge in [-0.3, -0.25) is 4.79 Å². The summed E-state index contributed by atoms with van der Waals surface area (Å²) in [6.07, 6.45) is 1.97. The van der Waals surface area contributed by atoms with E-state index in [-0.39, 0.29) is 5.91 Å². The van der Waals surface area contributed by atoms with Gasteiger partial charge in [-0.2, -0.15) is 0 Å². The zero-order valence-electron chi connectivity index (χ0n) is 13.6. The van der Waals surface area contributed by atoms with Crippen molar-refractivity contribution in [1.29, 1.82) is 0 Å². The van der Waals surface area contributed by atoms with Crippen molar-refractivity contribution >= 4 is 29.1 Å². The fourth-order valence-corrected chi connectivity index (χ4v) is 2.86. The van der Waals surface area contributed by atoms with E-state index in [1.807, 2.05) is 42.3 Å². The maximum atomic E-state index is 12.4. The van der Waals surface area contributed by atoms with Crippen LogP contribution in [0.2, 0.25) is 5.02 Å². The fourth-order valence-electron chi connectivity index (χ4n) is 2.73.